The van der Waals surface area contributed by atoms with Crippen molar-refractivity contribution in [2.75, 3.05) is 13.7 Å². The highest BCUT2D eigenvalue weighted by molar-refractivity contribution is 9.10. The van der Waals surface area contributed by atoms with Gasteiger partial charge in [0.1, 0.15) is 0 Å². The van der Waals surface area contributed by atoms with E-state index in [-0.39, 0.29) is 0 Å². The van der Waals surface area contributed by atoms with Crippen LogP contribution in [0.25, 0.3) is 6.08 Å². The molecule has 1 aromatic carbocycles. The van der Waals surface area contributed by atoms with Crippen LogP contribution in [-0.2, 0) is 4.84 Å². The smallest absolute Gasteiger partial charge is 0.0866 e. The minimum Gasteiger partial charge on any atom is -0.298 e. The summed E-state index contributed by atoms with van der Waals surface area (Å²) in [5, 5.41) is 0. The first-order valence-electron chi connectivity index (χ1n) is 4.04. The molecule has 0 unspecified atom stereocenters. The highest BCUT2D eigenvalue weighted by atomic mass is 79.9. The molecule has 1 N–H and O–H groups in total. The van der Waals surface area contributed by atoms with Crippen LogP contribution in [0.4, 0.5) is 0 Å². The fourth-order valence-corrected chi connectivity index (χ4v) is 1.33. The highest BCUT2D eigenvalue weighted by Gasteiger charge is 1.91. The second kappa shape index (κ2) is 5.91. The molecule has 2 nitrogen and oxygen atoms in total. The van der Waals surface area contributed by atoms with E-state index in [4.69, 9.17) is 4.84 Å². The molecule has 0 fully saturated rings. The maximum atomic E-state index is 4.94. The van der Waals surface area contributed by atoms with E-state index in [2.05, 4.69) is 21.4 Å². The number of halogens is 1. The van der Waals surface area contributed by atoms with E-state index in [0.29, 0.717) is 6.61 Å². The van der Waals surface area contributed by atoms with Gasteiger partial charge in [0.15, 0.2) is 0 Å². The van der Waals surface area contributed by atoms with Crippen molar-refractivity contribution in [1.29, 1.82) is 0 Å². The Morgan fingerprint density at radius 2 is 2.23 bits per heavy atom. The standard InChI is InChI=1S/C10H12BrNO/c1-12-13-8-4-6-9-5-2-3-7-10(9)11/h2-7,12H,8H2,1H3/b6-4+. The molecule has 1 aromatic rings. The van der Waals surface area contributed by atoms with Crippen molar-refractivity contribution in [2.24, 2.45) is 0 Å². The Kier molecular flexibility index (Phi) is 4.75. The van der Waals surface area contributed by atoms with Crippen LogP contribution in [-0.4, -0.2) is 13.7 Å². The van der Waals surface area contributed by atoms with E-state index in [1.165, 1.54) is 0 Å². The maximum absolute atomic E-state index is 4.94. The second-order valence-corrected chi connectivity index (χ2v) is 3.29. The zero-order valence-corrected chi connectivity index (χ0v) is 9.04. The van der Waals surface area contributed by atoms with Gasteiger partial charge in [-0.3, -0.25) is 4.84 Å². The van der Waals surface area contributed by atoms with E-state index in [0.717, 1.165) is 10.0 Å². The van der Waals surface area contributed by atoms with E-state index < -0.39 is 0 Å². The molecule has 0 amide bonds. The third-order valence-corrected chi connectivity index (χ3v) is 2.25. The summed E-state index contributed by atoms with van der Waals surface area (Å²) in [4.78, 5) is 4.94. The van der Waals surface area contributed by atoms with Crippen molar-refractivity contribution in [3.8, 4) is 0 Å². The van der Waals surface area contributed by atoms with Crippen LogP contribution in [0.15, 0.2) is 34.8 Å². The molecule has 0 aliphatic carbocycles. The summed E-state index contributed by atoms with van der Waals surface area (Å²) in [7, 11) is 1.74. The molecule has 13 heavy (non-hydrogen) atoms. The SMILES string of the molecule is CNOC/C=C/c1ccccc1Br. The number of hydrogen-bond acceptors (Lipinski definition) is 2. The Hall–Kier alpha value is -0.640. The first-order valence-corrected chi connectivity index (χ1v) is 4.83. The molecule has 0 saturated heterocycles. The maximum Gasteiger partial charge on any atom is 0.0866 e. The average Bonchev–Trinajstić information content (AvgIpc) is 2.15. The van der Waals surface area contributed by atoms with E-state index in [9.17, 15) is 0 Å². The van der Waals surface area contributed by atoms with Crippen LogP contribution in [0.3, 0.4) is 0 Å². The summed E-state index contributed by atoms with van der Waals surface area (Å²) in [6.07, 6.45) is 3.97. The van der Waals surface area contributed by atoms with Gasteiger partial charge in [0, 0.05) is 11.5 Å². The molecule has 3 heteroatoms. The van der Waals surface area contributed by atoms with Crippen molar-refractivity contribution in [1.82, 2.24) is 5.48 Å². The molecule has 0 aliphatic heterocycles. The zero-order chi connectivity index (χ0) is 9.52. The predicted molar refractivity (Wildman–Crippen MR) is 58.2 cm³/mol. The van der Waals surface area contributed by atoms with Gasteiger partial charge in [-0.25, -0.2) is 5.48 Å². The minimum absolute atomic E-state index is 0.567. The normalized spacial score (nSPS) is 10.9. The Labute approximate surface area is 86.7 Å². The van der Waals surface area contributed by atoms with E-state index in [1.54, 1.807) is 7.05 Å². The van der Waals surface area contributed by atoms with Gasteiger partial charge in [-0.15, -0.1) is 0 Å². The lowest BCUT2D eigenvalue weighted by Gasteiger charge is -1.97. The molecule has 70 valence electrons. The third kappa shape index (κ3) is 3.72. The number of rotatable bonds is 4. The highest BCUT2D eigenvalue weighted by Crippen LogP contribution is 2.16. The summed E-state index contributed by atoms with van der Waals surface area (Å²) in [6.45, 7) is 0.567. The molecule has 0 aromatic heterocycles. The first kappa shape index (κ1) is 10.4. The summed E-state index contributed by atoms with van der Waals surface area (Å²) in [5.41, 5.74) is 3.76. The molecular formula is C10H12BrNO. The van der Waals surface area contributed by atoms with Gasteiger partial charge < -0.3 is 0 Å². The van der Waals surface area contributed by atoms with Crippen molar-refractivity contribution in [3.63, 3.8) is 0 Å². The lowest BCUT2D eigenvalue weighted by atomic mass is 10.2. The topological polar surface area (TPSA) is 21.3 Å². The number of nitrogens with one attached hydrogen (secondary N) is 1. The quantitative estimate of drug-likeness (QED) is 0.647. The summed E-state index contributed by atoms with van der Waals surface area (Å²) in [5.74, 6) is 0. The van der Waals surface area contributed by atoms with Crippen molar-refractivity contribution < 1.29 is 4.84 Å². The van der Waals surface area contributed by atoms with Gasteiger partial charge in [-0.1, -0.05) is 46.3 Å². The van der Waals surface area contributed by atoms with Crippen LogP contribution < -0.4 is 5.48 Å². The summed E-state index contributed by atoms with van der Waals surface area (Å²) < 4.78 is 1.09. The summed E-state index contributed by atoms with van der Waals surface area (Å²) >= 11 is 3.46. The Morgan fingerprint density at radius 1 is 1.46 bits per heavy atom. The molecular weight excluding hydrogens is 230 g/mol. The lowest BCUT2D eigenvalue weighted by molar-refractivity contribution is 0.0814. The Morgan fingerprint density at radius 3 is 2.92 bits per heavy atom. The van der Waals surface area contributed by atoms with Crippen LogP contribution in [0.5, 0.6) is 0 Å². The van der Waals surface area contributed by atoms with Gasteiger partial charge >= 0.3 is 0 Å². The lowest BCUT2D eigenvalue weighted by Crippen LogP contribution is -2.06. The van der Waals surface area contributed by atoms with Gasteiger partial charge in [0.25, 0.3) is 0 Å². The van der Waals surface area contributed by atoms with Crippen molar-refractivity contribution >= 4 is 22.0 Å². The summed E-state index contributed by atoms with van der Waals surface area (Å²) in [6, 6.07) is 8.05. The molecule has 1 rings (SSSR count). The molecule has 0 radical (unpaired) electrons. The second-order valence-electron chi connectivity index (χ2n) is 2.44. The van der Waals surface area contributed by atoms with Crippen LogP contribution in [0.2, 0.25) is 0 Å². The fraction of sp³-hybridized carbons (Fsp3) is 0.200. The third-order valence-electron chi connectivity index (χ3n) is 1.53. The Balaban J connectivity index is 2.53. The molecule has 0 aliphatic rings. The van der Waals surface area contributed by atoms with Gasteiger partial charge in [0.05, 0.1) is 6.61 Å². The van der Waals surface area contributed by atoms with Crippen LogP contribution in [0, 0.1) is 0 Å². The molecule has 0 spiro atoms. The molecule has 0 atom stereocenters. The van der Waals surface area contributed by atoms with Gasteiger partial charge in [-0.05, 0) is 11.6 Å². The largest absolute Gasteiger partial charge is 0.298 e. The Bertz CT molecular complexity index is 286. The minimum atomic E-state index is 0.567. The zero-order valence-electron chi connectivity index (χ0n) is 7.46. The van der Waals surface area contributed by atoms with Crippen LogP contribution >= 0.6 is 15.9 Å². The van der Waals surface area contributed by atoms with Crippen molar-refractivity contribution in [3.05, 3.63) is 40.4 Å². The number of hydrogen-bond donors (Lipinski definition) is 1. The molecule has 0 heterocycles. The average molecular weight is 242 g/mol. The number of benzene rings is 1. The van der Waals surface area contributed by atoms with Gasteiger partial charge in [0.2, 0.25) is 0 Å². The van der Waals surface area contributed by atoms with Crippen LogP contribution in [0.1, 0.15) is 5.56 Å². The van der Waals surface area contributed by atoms with E-state index >= 15 is 0 Å². The molecule has 0 bridgehead atoms. The monoisotopic (exact) mass is 241 g/mol. The predicted octanol–water partition coefficient (Wildman–Crippen LogP) is 2.61. The van der Waals surface area contributed by atoms with E-state index in [1.807, 2.05) is 36.4 Å². The molecule has 0 saturated carbocycles. The van der Waals surface area contributed by atoms with Crippen molar-refractivity contribution in [2.45, 2.75) is 0 Å². The fourth-order valence-electron chi connectivity index (χ4n) is 0.917. The van der Waals surface area contributed by atoms with Gasteiger partial charge in [-0.2, -0.15) is 0 Å². The first-order chi connectivity index (χ1) is 6.34. The number of hydroxylamine groups is 1.